The van der Waals surface area contributed by atoms with E-state index in [1.54, 1.807) is 18.2 Å². The van der Waals surface area contributed by atoms with E-state index in [-0.39, 0.29) is 11.5 Å². The van der Waals surface area contributed by atoms with E-state index in [0.29, 0.717) is 43.5 Å². The second-order valence-corrected chi connectivity index (χ2v) is 10.2. The lowest BCUT2D eigenvalue weighted by molar-refractivity contribution is 0.102. The monoisotopic (exact) mass is 571 g/mol. The second-order valence-electron chi connectivity index (χ2n) is 8.42. The van der Waals surface area contributed by atoms with Gasteiger partial charge in [-0.2, -0.15) is 5.26 Å². The Balaban J connectivity index is 1.35. The maximum Gasteiger partial charge on any atom is 0.270 e. The molecule has 0 bridgehead atoms. The predicted octanol–water partition coefficient (Wildman–Crippen LogP) is 6.95. The fourth-order valence-corrected chi connectivity index (χ4v) is 4.99. The highest BCUT2D eigenvalue weighted by atomic mass is 35.5. The number of rotatable bonds is 7. The van der Waals surface area contributed by atoms with E-state index in [4.69, 9.17) is 23.2 Å². The lowest BCUT2D eigenvalue weighted by Crippen LogP contribution is -2.15. The molecule has 1 amide bonds. The topological polar surface area (TPSA) is 104 Å². The molecule has 0 aliphatic heterocycles. The Morgan fingerprint density at radius 1 is 1.00 bits per heavy atom. The minimum Gasteiger partial charge on any atom is -0.324 e. The number of carbonyl (C=O) groups is 1. The van der Waals surface area contributed by atoms with E-state index in [1.807, 2.05) is 77.6 Å². The summed E-state index contributed by atoms with van der Waals surface area (Å²) in [6.07, 6.45) is 3.83. The number of aromatic amines is 1. The van der Waals surface area contributed by atoms with Crippen molar-refractivity contribution in [1.29, 1.82) is 5.26 Å². The Labute approximate surface area is 238 Å². The number of H-pyrrole nitrogens is 1. The molecule has 3 aromatic carbocycles. The van der Waals surface area contributed by atoms with Crippen LogP contribution in [-0.2, 0) is 5.75 Å². The molecular weight excluding hydrogens is 553 g/mol. The zero-order valence-electron chi connectivity index (χ0n) is 20.2. The molecule has 0 saturated heterocycles. The molecule has 5 aromatic rings. The Morgan fingerprint density at radius 3 is 2.56 bits per heavy atom. The molecule has 0 atom stereocenters. The molecule has 0 radical (unpaired) electrons. The Hall–Kier alpha value is -4.29. The third kappa shape index (κ3) is 6.07. The average molecular weight is 572 g/mol. The lowest BCUT2D eigenvalue weighted by Gasteiger charge is -2.10. The van der Waals surface area contributed by atoms with Crippen molar-refractivity contribution in [2.45, 2.75) is 10.9 Å². The van der Waals surface area contributed by atoms with Gasteiger partial charge >= 0.3 is 0 Å². The molecule has 39 heavy (non-hydrogen) atoms. The van der Waals surface area contributed by atoms with E-state index in [9.17, 15) is 14.9 Å². The predicted molar refractivity (Wildman–Crippen MR) is 155 cm³/mol. The molecule has 10 heteroatoms. The van der Waals surface area contributed by atoms with Crippen molar-refractivity contribution in [3.05, 3.63) is 128 Å². The number of hydrogen-bond donors (Lipinski definition) is 2. The number of halogens is 2. The minimum absolute atomic E-state index is 0.0454. The fraction of sp³-hybridized carbons (Fsp3) is 0.0345. The fourth-order valence-electron chi connectivity index (χ4n) is 3.89. The highest BCUT2D eigenvalue weighted by molar-refractivity contribution is 7.98. The first-order valence-electron chi connectivity index (χ1n) is 11.7. The molecule has 7 nitrogen and oxygen atoms in total. The van der Waals surface area contributed by atoms with Crippen molar-refractivity contribution >= 4 is 46.6 Å². The van der Waals surface area contributed by atoms with Crippen molar-refractivity contribution < 1.29 is 4.79 Å². The molecule has 2 heterocycles. The molecule has 0 spiro atoms. The van der Waals surface area contributed by atoms with Gasteiger partial charge in [0.1, 0.15) is 11.6 Å². The van der Waals surface area contributed by atoms with Crippen LogP contribution in [0.25, 0.3) is 16.9 Å². The number of amides is 1. The first kappa shape index (κ1) is 26.3. The number of benzene rings is 3. The van der Waals surface area contributed by atoms with Gasteiger partial charge < -0.3 is 14.9 Å². The number of thioether (sulfide) groups is 1. The molecule has 0 aliphatic carbocycles. The largest absolute Gasteiger partial charge is 0.324 e. The minimum atomic E-state index is -0.501. The van der Waals surface area contributed by atoms with Crippen molar-refractivity contribution in [1.82, 2.24) is 14.5 Å². The third-order valence-electron chi connectivity index (χ3n) is 5.77. The number of nitrogens with one attached hydrogen (secondary N) is 2. The first-order chi connectivity index (χ1) is 18.9. The number of aromatic nitrogens is 3. The summed E-state index contributed by atoms with van der Waals surface area (Å²) in [4.78, 5) is 32.7. The number of nitrogens with zero attached hydrogens (tertiary/aromatic N) is 3. The second kappa shape index (κ2) is 11.6. The quantitative estimate of drug-likeness (QED) is 0.162. The van der Waals surface area contributed by atoms with Gasteiger partial charge in [-0.15, -0.1) is 0 Å². The van der Waals surface area contributed by atoms with Gasteiger partial charge in [0, 0.05) is 40.6 Å². The first-order valence-corrected chi connectivity index (χ1v) is 13.4. The van der Waals surface area contributed by atoms with Crippen molar-refractivity contribution in [3.63, 3.8) is 0 Å². The van der Waals surface area contributed by atoms with Crippen LogP contribution in [-0.4, -0.2) is 20.4 Å². The summed E-state index contributed by atoms with van der Waals surface area (Å²) in [5, 5.41) is 13.6. The van der Waals surface area contributed by atoms with Crippen LogP contribution >= 0.6 is 35.0 Å². The highest BCUT2D eigenvalue weighted by Gasteiger charge is 2.15. The molecule has 2 aromatic heterocycles. The number of carbonyl (C=O) groups excluding carboxylic acids is 1. The molecule has 2 N–H and O–H groups in total. The van der Waals surface area contributed by atoms with E-state index in [1.165, 1.54) is 17.8 Å². The summed E-state index contributed by atoms with van der Waals surface area (Å²) < 4.78 is 1.94. The number of nitriles is 1. The van der Waals surface area contributed by atoms with E-state index >= 15 is 0 Å². The normalized spacial score (nSPS) is 10.7. The molecule has 0 saturated carbocycles. The van der Waals surface area contributed by atoms with Gasteiger partial charge in [-0.1, -0.05) is 59.2 Å². The van der Waals surface area contributed by atoms with Crippen LogP contribution in [0.2, 0.25) is 10.0 Å². The number of hydrogen-bond acceptors (Lipinski definition) is 5. The van der Waals surface area contributed by atoms with Crippen molar-refractivity contribution in [2.75, 3.05) is 5.32 Å². The zero-order valence-corrected chi connectivity index (χ0v) is 22.5. The molecule has 5 rings (SSSR count). The molecular formula is C29H19Cl2N5O2S. The Bertz CT molecular complexity index is 1780. The smallest absolute Gasteiger partial charge is 0.270 e. The summed E-state index contributed by atoms with van der Waals surface area (Å²) in [5.41, 5.74) is 3.21. The van der Waals surface area contributed by atoms with Crippen LogP contribution in [0, 0.1) is 11.3 Å². The summed E-state index contributed by atoms with van der Waals surface area (Å²) >= 11 is 13.3. The summed E-state index contributed by atoms with van der Waals surface area (Å²) in [5.74, 6) is 0.150. The maximum absolute atomic E-state index is 12.7. The SMILES string of the molecule is N#Cc1c(-c2cccc(-n3cccc3)c2)nc(SCc2cccc(NC(=O)c3ccc(Cl)c(Cl)c3)c2)[nH]c1=O. The zero-order chi connectivity index (χ0) is 27.4. The van der Waals surface area contributed by atoms with Gasteiger partial charge in [-0.25, -0.2) is 4.98 Å². The van der Waals surface area contributed by atoms with E-state index < -0.39 is 5.56 Å². The van der Waals surface area contributed by atoms with Crippen LogP contribution in [0.1, 0.15) is 21.5 Å². The van der Waals surface area contributed by atoms with Crippen molar-refractivity contribution in [3.8, 4) is 23.0 Å². The van der Waals surface area contributed by atoms with Crippen molar-refractivity contribution in [2.24, 2.45) is 0 Å². The van der Waals surface area contributed by atoms with E-state index in [2.05, 4.69) is 15.3 Å². The standard InChI is InChI=1S/C29H19Cl2N5O2S/c30-24-10-9-20(15-25(24)31)27(37)33-21-7-3-5-18(13-21)17-39-29-34-26(23(16-32)28(38)35-29)19-6-4-8-22(14-19)36-11-1-2-12-36/h1-15H,17H2,(H,33,37)(H,34,35,38). The molecule has 0 fully saturated rings. The summed E-state index contributed by atoms with van der Waals surface area (Å²) in [7, 11) is 0. The van der Waals surface area contributed by atoms with Gasteiger partial charge in [0.2, 0.25) is 0 Å². The van der Waals surface area contributed by atoms with Crippen LogP contribution in [0.15, 0.2) is 101 Å². The van der Waals surface area contributed by atoms with Crippen LogP contribution in [0.5, 0.6) is 0 Å². The van der Waals surface area contributed by atoms with Crippen LogP contribution in [0.4, 0.5) is 5.69 Å². The Kier molecular flexibility index (Phi) is 7.84. The Morgan fingerprint density at radius 2 is 1.79 bits per heavy atom. The summed E-state index contributed by atoms with van der Waals surface area (Å²) in [6.45, 7) is 0. The summed E-state index contributed by atoms with van der Waals surface area (Å²) in [6, 6.07) is 25.4. The number of anilines is 1. The molecule has 0 aliphatic rings. The lowest BCUT2D eigenvalue weighted by atomic mass is 10.1. The van der Waals surface area contributed by atoms with Gasteiger partial charge in [-0.05, 0) is 60.2 Å². The van der Waals surface area contributed by atoms with Gasteiger partial charge in [-0.3, -0.25) is 9.59 Å². The van der Waals surface area contributed by atoms with E-state index in [0.717, 1.165) is 11.3 Å². The van der Waals surface area contributed by atoms with Gasteiger partial charge in [0.25, 0.3) is 11.5 Å². The van der Waals surface area contributed by atoms with Crippen LogP contribution < -0.4 is 10.9 Å². The maximum atomic E-state index is 12.7. The highest BCUT2D eigenvalue weighted by Crippen LogP contribution is 2.27. The van der Waals surface area contributed by atoms with Crippen LogP contribution in [0.3, 0.4) is 0 Å². The average Bonchev–Trinajstić information content (AvgIpc) is 3.49. The van der Waals surface area contributed by atoms with Gasteiger partial charge in [0.15, 0.2) is 5.16 Å². The molecule has 192 valence electrons. The third-order valence-corrected chi connectivity index (χ3v) is 7.46. The van der Waals surface area contributed by atoms with Gasteiger partial charge in [0.05, 0.1) is 15.7 Å². The molecule has 0 unspecified atom stereocenters.